The quantitative estimate of drug-likeness (QED) is 0.768. The number of hydrogen-bond donors (Lipinski definition) is 0. The first-order chi connectivity index (χ1) is 8.20. The molecular weight excluding hydrogens is 238 g/mol. The van der Waals surface area contributed by atoms with Crippen LogP contribution in [0.3, 0.4) is 0 Å². The van der Waals surface area contributed by atoms with Gasteiger partial charge < -0.3 is 9.64 Å². The van der Waals surface area contributed by atoms with Gasteiger partial charge >= 0.3 is 5.97 Å². The summed E-state index contributed by atoms with van der Waals surface area (Å²) in [5.74, 6) is 0.689. The van der Waals surface area contributed by atoms with Crippen molar-refractivity contribution in [2.45, 2.75) is 26.7 Å². The standard InChI is InChI=1S/C11H17N3O2S/c1-3-16-10(15)9-5-4-6-14(7-9)11-12-8(2)13-17-11/h9H,3-7H2,1-2H3/t9-/m0/s1. The zero-order chi connectivity index (χ0) is 12.3. The number of rotatable bonds is 3. The normalized spacial score (nSPS) is 20.4. The molecule has 2 heterocycles. The van der Waals surface area contributed by atoms with Crippen LogP contribution in [0, 0.1) is 12.8 Å². The average molecular weight is 255 g/mol. The molecule has 2 rings (SSSR count). The molecule has 5 nitrogen and oxygen atoms in total. The molecule has 1 aliphatic rings. The molecule has 6 heteroatoms. The molecule has 1 aromatic heterocycles. The third kappa shape index (κ3) is 2.94. The predicted octanol–water partition coefficient (Wildman–Crippen LogP) is 1.63. The van der Waals surface area contributed by atoms with Crippen molar-refractivity contribution in [1.29, 1.82) is 0 Å². The van der Waals surface area contributed by atoms with E-state index in [1.807, 2.05) is 13.8 Å². The lowest BCUT2D eigenvalue weighted by Gasteiger charge is -2.30. The summed E-state index contributed by atoms with van der Waals surface area (Å²) in [5, 5.41) is 0.913. The molecule has 0 unspecified atom stereocenters. The molecule has 0 bridgehead atoms. The van der Waals surface area contributed by atoms with E-state index in [1.54, 1.807) is 0 Å². The maximum absolute atomic E-state index is 11.7. The Kier molecular flexibility index (Phi) is 3.93. The second kappa shape index (κ2) is 5.44. The zero-order valence-electron chi connectivity index (χ0n) is 10.2. The summed E-state index contributed by atoms with van der Waals surface area (Å²) >= 11 is 1.40. The molecule has 94 valence electrons. The van der Waals surface area contributed by atoms with E-state index in [4.69, 9.17) is 4.74 Å². The van der Waals surface area contributed by atoms with Crippen LogP contribution in [0.25, 0.3) is 0 Å². The first kappa shape index (κ1) is 12.3. The second-order valence-corrected chi connectivity index (χ2v) is 4.89. The molecule has 1 saturated heterocycles. The van der Waals surface area contributed by atoms with Gasteiger partial charge in [-0.3, -0.25) is 4.79 Å². The number of ether oxygens (including phenoxy) is 1. The van der Waals surface area contributed by atoms with E-state index >= 15 is 0 Å². The van der Waals surface area contributed by atoms with Crippen LogP contribution in [0.1, 0.15) is 25.6 Å². The van der Waals surface area contributed by atoms with Gasteiger partial charge in [-0.15, -0.1) is 0 Å². The van der Waals surface area contributed by atoms with E-state index in [0.717, 1.165) is 30.3 Å². The lowest BCUT2D eigenvalue weighted by atomic mass is 9.99. The topological polar surface area (TPSA) is 55.3 Å². The Bertz CT molecular complexity index is 394. The minimum Gasteiger partial charge on any atom is -0.466 e. The first-order valence-corrected chi connectivity index (χ1v) is 6.70. The Morgan fingerprint density at radius 1 is 1.65 bits per heavy atom. The smallest absolute Gasteiger partial charge is 0.310 e. The number of nitrogens with zero attached hydrogens (tertiary/aromatic N) is 3. The molecule has 0 saturated carbocycles. The third-order valence-corrected chi connectivity index (χ3v) is 3.70. The lowest BCUT2D eigenvalue weighted by molar-refractivity contribution is -0.148. The summed E-state index contributed by atoms with van der Waals surface area (Å²) < 4.78 is 9.24. The Morgan fingerprint density at radius 3 is 3.12 bits per heavy atom. The molecule has 1 atom stereocenters. The minimum absolute atomic E-state index is 0.0205. The number of aryl methyl sites for hydroxylation is 1. The number of esters is 1. The van der Waals surface area contributed by atoms with Crippen molar-refractivity contribution in [3.05, 3.63) is 5.82 Å². The fourth-order valence-electron chi connectivity index (χ4n) is 2.02. The Morgan fingerprint density at radius 2 is 2.47 bits per heavy atom. The summed E-state index contributed by atoms with van der Waals surface area (Å²) in [7, 11) is 0. The molecule has 1 aliphatic heterocycles. The summed E-state index contributed by atoms with van der Waals surface area (Å²) in [6.45, 7) is 5.82. The molecule has 0 N–H and O–H groups in total. The first-order valence-electron chi connectivity index (χ1n) is 5.92. The van der Waals surface area contributed by atoms with Crippen molar-refractivity contribution >= 4 is 22.6 Å². The van der Waals surface area contributed by atoms with Crippen molar-refractivity contribution in [2.24, 2.45) is 5.92 Å². The van der Waals surface area contributed by atoms with Gasteiger partial charge in [0.1, 0.15) is 5.82 Å². The molecule has 0 radical (unpaired) electrons. The molecule has 0 amide bonds. The summed E-state index contributed by atoms with van der Waals surface area (Å²) in [6, 6.07) is 0. The van der Waals surface area contributed by atoms with Crippen LogP contribution in [0.5, 0.6) is 0 Å². The Balaban J connectivity index is 1.99. The van der Waals surface area contributed by atoms with Crippen molar-refractivity contribution in [2.75, 3.05) is 24.6 Å². The fourth-order valence-corrected chi connectivity index (χ4v) is 2.73. The lowest BCUT2D eigenvalue weighted by Crippen LogP contribution is -2.39. The van der Waals surface area contributed by atoms with Crippen LogP contribution < -0.4 is 4.90 Å². The van der Waals surface area contributed by atoms with Gasteiger partial charge in [-0.25, -0.2) is 4.98 Å². The van der Waals surface area contributed by atoms with E-state index in [0.29, 0.717) is 13.2 Å². The highest BCUT2D eigenvalue weighted by Gasteiger charge is 2.28. The summed E-state index contributed by atoms with van der Waals surface area (Å²) in [6.07, 6.45) is 1.91. The summed E-state index contributed by atoms with van der Waals surface area (Å²) in [5.41, 5.74) is 0. The van der Waals surface area contributed by atoms with Crippen LogP contribution in [0.4, 0.5) is 5.13 Å². The maximum Gasteiger partial charge on any atom is 0.310 e. The number of hydrogen-bond acceptors (Lipinski definition) is 6. The molecule has 1 aromatic rings. The van der Waals surface area contributed by atoms with Crippen LogP contribution in [0.15, 0.2) is 0 Å². The maximum atomic E-state index is 11.7. The van der Waals surface area contributed by atoms with Gasteiger partial charge in [-0.05, 0) is 26.7 Å². The zero-order valence-corrected chi connectivity index (χ0v) is 11.0. The van der Waals surface area contributed by atoms with E-state index < -0.39 is 0 Å². The number of carbonyl (C=O) groups is 1. The number of anilines is 1. The van der Waals surface area contributed by atoms with Crippen molar-refractivity contribution in [3.63, 3.8) is 0 Å². The Labute approximate surface area is 105 Å². The molecular formula is C11H17N3O2S. The van der Waals surface area contributed by atoms with Crippen molar-refractivity contribution < 1.29 is 9.53 Å². The molecule has 0 spiro atoms. The van der Waals surface area contributed by atoms with Gasteiger partial charge in [-0.2, -0.15) is 4.37 Å². The third-order valence-electron chi connectivity index (χ3n) is 2.83. The van der Waals surface area contributed by atoms with Gasteiger partial charge in [0, 0.05) is 24.6 Å². The van der Waals surface area contributed by atoms with Gasteiger partial charge in [0.15, 0.2) is 0 Å². The van der Waals surface area contributed by atoms with E-state index in [2.05, 4.69) is 14.3 Å². The van der Waals surface area contributed by atoms with Gasteiger partial charge in [-0.1, -0.05) is 0 Å². The van der Waals surface area contributed by atoms with Crippen LogP contribution in [0.2, 0.25) is 0 Å². The van der Waals surface area contributed by atoms with Crippen molar-refractivity contribution in [1.82, 2.24) is 9.36 Å². The Hall–Kier alpha value is -1.17. The van der Waals surface area contributed by atoms with Crippen molar-refractivity contribution in [3.8, 4) is 0 Å². The van der Waals surface area contributed by atoms with Gasteiger partial charge in [0.05, 0.1) is 12.5 Å². The fraction of sp³-hybridized carbons (Fsp3) is 0.727. The van der Waals surface area contributed by atoms with Crippen LogP contribution in [-0.4, -0.2) is 35.0 Å². The second-order valence-electron chi connectivity index (χ2n) is 4.16. The monoisotopic (exact) mass is 255 g/mol. The highest BCUT2D eigenvalue weighted by atomic mass is 32.1. The van der Waals surface area contributed by atoms with E-state index in [1.165, 1.54) is 11.5 Å². The average Bonchev–Trinajstić information content (AvgIpc) is 2.76. The highest BCUT2D eigenvalue weighted by molar-refractivity contribution is 7.09. The van der Waals surface area contributed by atoms with E-state index in [-0.39, 0.29) is 11.9 Å². The van der Waals surface area contributed by atoms with Crippen LogP contribution >= 0.6 is 11.5 Å². The minimum atomic E-state index is -0.0848. The predicted molar refractivity (Wildman–Crippen MR) is 66.2 cm³/mol. The number of piperidine rings is 1. The van der Waals surface area contributed by atoms with Gasteiger partial charge in [0.25, 0.3) is 0 Å². The largest absolute Gasteiger partial charge is 0.466 e. The molecule has 0 aliphatic carbocycles. The summed E-state index contributed by atoms with van der Waals surface area (Å²) in [4.78, 5) is 18.2. The molecule has 0 aromatic carbocycles. The highest BCUT2D eigenvalue weighted by Crippen LogP contribution is 2.25. The van der Waals surface area contributed by atoms with E-state index in [9.17, 15) is 4.79 Å². The number of carbonyl (C=O) groups excluding carboxylic acids is 1. The SMILES string of the molecule is CCOC(=O)[C@H]1CCCN(c2nc(C)ns2)C1. The molecule has 1 fully saturated rings. The van der Waals surface area contributed by atoms with Gasteiger partial charge in [0.2, 0.25) is 5.13 Å². The number of aromatic nitrogens is 2. The molecule has 17 heavy (non-hydrogen) atoms. The van der Waals surface area contributed by atoms with Crippen LogP contribution in [-0.2, 0) is 9.53 Å².